The molecule has 3 rings (SSSR count). The summed E-state index contributed by atoms with van der Waals surface area (Å²) < 4.78 is 13.1. The molecule has 0 saturated carbocycles. The molecular formula is C9H7FN6. The van der Waals surface area contributed by atoms with Gasteiger partial charge >= 0.3 is 0 Å². The van der Waals surface area contributed by atoms with Crippen molar-refractivity contribution < 1.29 is 4.39 Å². The lowest BCUT2D eigenvalue weighted by Gasteiger charge is -1.94. The molecule has 3 aromatic rings. The van der Waals surface area contributed by atoms with E-state index in [9.17, 15) is 4.39 Å². The van der Waals surface area contributed by atoms with Gasteiger partial charge in [-0.15, -0.1) is 10.2 Å². The van der Waals surface area contributed by atoms with Crippen molar-refractivity contribution in [3.05, 3.63) is 24.0 Å². The number of benzene rings is 1. The third-order valence-electron chi connectivity index (χ3n) is 2.31. The Kier molecular flexibility index (Phi) is 1.74. The van der Waals surface area contributed by atoms with Crippen LogP contribution in [-0.4, -0.2) is 20.2 Å². The second-order valence-electron chi connectivity index (χ2n) is 3.29. The Morgan fingerprint density at radius 1 is 1.31 bits per heavy atom. The van der Waals surface area contributed by atoms with E-state index in [0.717, 1.165) is 5.52 Å². The summed E-state index contributed by atoms with van der Waals surface area (Å²) in [5.41, 5.74) is 4.09. The molecule has 16 heavy (non-hydrogen) atoms. The molecule has 0 aliphatic heterocycles. The third kappa shape index (κ3) is 1.18. The van der Waals surface area contributed by atoms with Gasteiger partial charge in [-0.1, -0.05) is 0 Å². The van der Waals surface area contributed by atoms with Crippen LogP contribution in [0.5, 0.6) is 0 Å². The summed E-state index contributed by atoms with van der Waals surface area (Å²) in [6.45, 7) is 0. The maximum absolute atomic E-state index is 13.1. The van der Waals surface area contributed by atoms with E-state index in [2.05, 4.69) is 25.6 Å². The maximum atomic E-state index is 13.1. The van der Waals surface area contributed by atoms with Gasteiger partial charge in [-0.05, 0) is 18.2 Å². The minimum atomic E-state index is -0.323. The number of H-pyrrole nitrogens is 1. The van der Waals surface area contributed by atoms with Crippen LogP contribution >= 0.6 is 0 Å². The highest BCUT2D eigenvalue weighted by Gasteiger charge is 2.09. The average Bonchev–Trinajstić information content (AvgIpc) is 2.66. The summed E-state index contributed by atoms with van der Waals surface area (Å²) in [6, 6.07) is 4.39. The lowest BCUT2D eigenvalue weighted by atomic mass is 10.2. The minimum Gasteiger partial charge on any atom is -0.338 e. The van der Waals surface area contributed by atoms with E-state index < -0.39 is 0 Å². The Hall–Kier alpha value is -2.28. The Balaban J connectivity index is 2.41. The number of nitrogen functional groups attached to an aromatic ring is 1. The number of anilines is 1. The molecule has 0 fully saturated rings. The number of hydrogen-bond acceptors (Lipinski definition) is 5. The summed E-state index contributed by atoms with van der Waals surface area (Å²) in [5.74, 6) is 5.06. The van der Waals surface area contributed by atoms with E-state index in [4.69, 9.17) is 5.84 Å². The fourth-order valence-electron chi connectivity index (χ4n) is 1.60. The molecule has 0 spiro atoms. The standard InChI is InChI=1S/C9H7FN6/c10-4-1-2-6-5(3-4)7-8(12-6)13-9(14-11)16-15-7/h1-3H,11H2,(H2,12,13,14,16). The number of aromatic nitrogens is 4. The predicted octanol–water partition coefficient (Wildman–Crippen LogP) is 0.931. The van der Waals surface area contributed by atoms with E-state index in [1.807, 2.05) is 0 Å². The molecule has 0 atom stereocenters. The number of halogens is 1. The third-order valence-corrected chi connectivity index (χ3v) is 2.31. The molecule has 0 radical (unpaired) electrons. The zero-order valence-electron chi connectivity index (χ0n) is 8.03. The van der Waals surface area contributed by atoms with Crippen LogP contribution in [0.25, 0.3) is 22.1 Å². The minimum absolute atomic E-state index is 0.208. The van der Waals surface area contributed by atoms with Gasteiger partial charge in [0.05, 0.1) is 0 Å². The van der Waals surface area contributed by atoms with E-state index in [-0.39, 0.29) is 11.8 Å². The Bertz CT molecular complexity index is 676. The molecule has 2 heterocycles. The largest absolute Gasteiger partial charge is 0.338 e. The van der Waals surface area contributed by atoms with Crippen LogP contribution in [-0.2, 0) is 0 Å². The van der Waals surface area contributed by atoms with Crippen molar-refractivity contribution in [1.82, 2.24) is 20.2 Å². The Morgan fingerprint density at radius 3 is 3.00 bits per heavy atom. The Morgan fingerprint density at radius 2 is 2.19 bits per heavy atom. The average molecular weight is 218 g/mol. The summed E-state index contributed by atoms with van der Waals surface area (Å²) in [4.78, 5) is 7.08. The molecule has 0 aliphatic carbocycles. The number of aromatic amines is 1. The number of hydrazine groups is 1. The van der Waals surface area contributed by atoms with Gasteiger partial charge in [0.25, 0.3) is 5.95 Å². The van der Waals surface area contributed by atoms with Crippen molar-refractivity contribution >= 4 is 28.0 Å². The van der Waals surface area contributed by atoms with Crippen LogP contribution in [0, 0.1) is 5.82 Å². The number of nitrogens with two attached hydrogens (primary N) is 1. The van der Waals surface area contributed by atoms with Crippen LogP contribution in [0.3, 0.4) is 0 Å². The quantitative estimate of drug-likeness (QED) is 0.417. The molecule has 0 bridgehead atoms. The zero-order chi connectivity index (χ0) is 11.1. The monoisotopic (exact) mass is 218 g/mol. The smallest absolute Gasteiger partial charge is 0.258 e. The molecule has 4 N–H and O–H groups in total. The molecule has 0 amide bonds. The van der Waals surface area contributed by atoms with Gasteiger partial charge in [0.15, 0.2) is 5.65 Å². The van der Waals surface area contributed by atoms with Gasteiger partial charge in [-0.3, -0.25) is 5.43 Å². The fourth-order valence-corrected chi connectivity index (χ4v) is 1.60. The molecule has 6 nitrogen and oxygen atoms in total. The van der Waals surface area contributed by atoms with Crippen molar-refractivity contribution in [2.45, 2.75) is 0 Å². The van der Waals surface area contributed by atoms with Gasteiger partial charge in [0.2, 0.25) is 0 Å². The van der Waals surface area contributed by atoms with Gasteiger partial charge in [-0.2, -0.15) is 4.98 Å². The first-order valence-corrected chi connectivity index (χ1v) is 4.56. The molecule has 1 aromatic carbocycles. The summed E-state index contributed by atoms with van der Waals surface area (Å²) in [6.07, 6.45) is 0. The molecular weight excluding hydrogens is 211 g/mol. The zero-order valence-corrected chi connectivity index (χ0v) is 8.03. The summed E-state index contributed by atoms with van der Waals surface area (Å²) >= 11 is 0. The van der Waals surface area contributed by atoms with Gasteiger partial charge in [0.1, 0.15) is 11.3 Å². The van der Waals surface area contributed by atoms with Crippen LogP contribution in [0.15, 0.2) is 18.2 Å². The van der Waals surface area contributed by atoms with Crippen LogP contribution in [0.1, 0.15) is 0 Å². The lowest BCUT2D eigenvalue weighted by molar-refractivity contribution is 0.630. The van der Waals surface area contributed by atoms with Crippen molar-refractivity contribution in [3.63, 3.8) is 0 Å². The molecule has 0 aliphatic rings. The normalized spacial score (nSPS) is 11.1. The second-order valence-corrected chi connectivity index (χ2v) is 3.29. The first kappa shape index (κ1) is 8.98. The highest BCUT2D eigenvalue weighted by molar-refractivity contribution is 6.03. The predicted molar refractivity (Wildman–Crippen MR) is 57.0 cm³/mol. The number of fused-ring (bicyclic) bond motifs is 3. The second kappa shape index (κ2) is 3.11. The number of nitrogens with zero attached hydrogens (tertiary/aromatic N) is 3. The van der Waals surface area contributed by atoms with Crippen molar-refractivity contribution in [1.29, 1.82) is 0 Å². The highest BCUT2D eigenvalue weighted by atomic mass is 19.1. The van der Waals surface area contributed by atoms with Crippen LogP contribution < -0.4 is 11.3 Å². The molecule has 2 aromatic heterocycles. The van der Waals surface area contributed by atoms with Crippen molar-refractivity contribution in [2.24, 2.45) is 5.84 Å². The van der Waals surface area contributed by atoms with E-state index >= 15 is 0 Å². The SMILES string of the molecule is NNc1nnc2c(n1)[nH]c1ccc(F)cc12. The topological polar surface area (TPSA) is 92.5 Å². The molecule has 7 heteroatoms. The lowest BCUT2D eigenvalue weighted by Crippen LogP contribution is -2.11. The molecule has 80 valence electrons. The number of nitrogens with one attached hydrogen (secondary N) is 2. The molecule has 0 unspecified atom stereocenters. The summed E-state index contributed by atoms with van der Waals surface area (Å²) in [7, 11) is 0. The maximum Gasteiger partial charge on any atom is 0.258 e. The highest BCUT2D eigenvalue weighted by Crippen LogP contribution is 2.22. The van der Waals surface area contributed by atoms with Crippen molar-refractivity contribution in [3.8, 4) is 0 Å². The Labute approximate surface area is 88.7 Å². The van der Waals surface area contributed by atoms with E-state index in [0.29, 0.717) is 16.6 Å². The van der Waals surface area contributed by atoms with Gasteiger partial charge in [-0.25, -0.2) is 10.2 Å². The number of rotatable bonds is 1. The number of hydrogen-bond donors (Lipinski definition) is 3. The fraction of sp³-hybridized carbons (Fsp3) is 0. The summed E-state index contributed by atoms with van der Waals surface area (Å²) in [5, 5.41) is 8.32. The van der Waals surface area contributed by atoms with E-state index in [1.54, 1.807) is 6.07 Å². The van der Waals surface area contributed by atoms with Crippen molar-refractivity contribution in [2.75, 3.05) is 5.43 Å². The first-order chi connectivity index (χ1) is 7.78. The van der Waals surface area contributed by atoms with Crippen LogP contribution in [0.4, 0.5) is 10.3 Å². The first-order valence-electron chi connectivity index (χ1n) is 4.56. The van der Waals surface area contributed by atoms with E-state index in [1.165, 1.54) is 12.1 Å². The van der Waals surface area contributed by atoms with Gasteiger partial charge in [0, 0.05) is 10.9 Å². The van der Waals surface area contributed by atoms with Crippen LogP contribution in [0.2, 0.25) is 0 Å². The molecule has 0 saturated heterocycles. The van der Waals surface area contributed by atoms with Gasteiger partial charge < -0.3 is 4.98 Å².